The maximum Gasteiger partial charge on any atom is 0.326 e. The van der Waals surface area contributed by atoms with Crippen LogP contribution in [-0.2, 0) is 4.79 Å². The van der Waals surface area contributed by atoms with E-state index < -0.39 is 12.1 Å². The topological polar surface area (TPSA) is 74.7 Å². The van der Waals surface area contributed by atoms with E-state index in [0.717, 1.165) is 11.1 Å². The van der Waals surface area contributed by atoms with Gasteiger partial charge in [0.15, 0.2) is 0 Å². The van der Waals surface area contributed by atoms with Crippen LogP contribution in [0.1, 0.15) is 56.5 Å². The number of piperazine rings is 1. The average molecular weight is 624 g/mol. The Morgan fingerprint density at radius 1 is 0.907 bits per heavy atom. The Morgan fingerprint density at radius 3 is 2.09 bits per heavy atom. The average Bonchev–Trinajstić information content (AvgIpc) is 3.37. The van der Waals surface area contributed by atoms with Gasteiger partial charge in [0.2, 0.25) is 5.91 Å². The van der Waals surface area contributed by atoms with Gasteiger partial charge in [-0.15, -0.1) is 0 Å². The van der Waals surface area contributed by atoms with E-state index in [-0.39, 0.29) is 30.6 Å². The van der Waals surface area contributed by atoms with Gasteiger partial charge >= 0.3 is 6.03 Å². The van der Waals surface area contributed by atoms with Gasteiger partial charge in [0.05, 0.1) is 24.8 Å². The van der Waals surface area contributed by atoms with Crippen molar-refractivity contribution in [2.45, 2.75) is 51.9 Å². The monoisotopic (exact) mass is 622 g/mol. The van der Waals surface area contributed by atoms with Crippen molar-refractivity contribution in [2.75, 3.05) is 26.7 Å². The molecule has 2 aliphatic rings. The molecule has 3 aromatic carbocycles. The third-order valence-electron chi connectivity index (χ3n) is 7.64. The maximum absolute atomic E-state index is 14.6. The van der Waals surface area contributed by atoms with Gasteiger partial charge in [-0.05, 0) is 75.2 Å². The summed E-state index contributed by atoms with van der Waals surface area (Å²) in [5.74, 6) is 1.52. The van der Waals surface area contributed by atoms with Crippen LogP contribution in [0.5, 0.6) is 11.5 Å². The molecule has 0 saturated carbocycles. The highest BCUT2D eigenvalue weighted by molar-refractivity contribution is 6.30. The minimum absolute atomic E-state index is 0.0162. The van der Waals surface area contributed by atoms with Crippen molar-refractivity contribution >= 4 is 41.0 Å². The van der Waals surface area contributed by atoms with Crippen LogP contribution in [-0.4, -0.2) is 71.4 Å². The molecule has 1 saturated heterocycles. The van der Waals surface area contributed by atoms with Gasteiger partial charge in [-0.1, -0.05) is 47.5 Å². The minimum Gasteiger partial charge on any atom is -0.497 e. The summed E-state index contributed by atoms with van der Waals surface area (Å²) in [5.41, 5.74) is 2.38. The number of benzene rings is 3. The van der Waals surface area contributed by atoms with Crippen LogP contribution in [0.4, 0.5) is 4.79 Å². The molecule has 3 amide bonds. The first-order valence-electron chi connectivity index (χ1n) is 14.4. The Bertz CT molecular complexity index is 1510. The van der Waals surface area contributed by atoms with Crippen LogP contribution in [0.15, 0.2) is 71.7 Å². The summed E-state index contributed by atoms with van der Waals surface area (Å²) in [6.45, 7) is 8.69. The Kier molecular flexibility index (Phi) is 9.18. The summed E-state index contributed by atoms with van der Waals surface area (Å²) in [6.07, 6.45) is -0.141. The maximum atomic E-state index is 14.6. The number of amidine groups is 1. The van der Waals surface area contributed by atoms with Crippen molar-refractivity contribution in [1.82, 2.24) is 14.7 Å². The normalized spacial score (nSPS) is 18.9. The number of hydrogen-bond acceptors (Lipinski definition) is 5. The fourth-order valence-electron chi connectivity index (χ4n) is 5.57. The van der Waals surface area contributed by atoms with Crippen LogP contribution >= 0.6 is 23.2 Å². The third-order valence-corrected chi connectivity index (χ3v) is 8.14. The molecule has 2 atom stereocenters. The Hall–Kier alpha value is -3.75. The smallest absolute Gasteiger partial charge is 0.326 e. The number of aliphatic imine (C=N–C) groups is 1. The van der Waals surface area contributed by atoms with E-state index in [0.29, 0.717) is 46.0 Å². The van der Waals surface area contributed by atoms with Crippen molar-refractivity contribution in [3.05, 3.63) is 93.5 Å². The minimum atomic E-state index is -0.534. The van der Waals surface area contributed by atoms with Crippen molar-refractivity contribution in [3.63, 3.8) is 0 Å². The van der Waals surface area contributed by atoms with Crippen molar-refractivity contribution < 1.29 is 19.1 Å². The van der Waals surface area contributed by atoms with E-state index >= 15 is 0 Å². The Balaban J connectivity index is 1.67. The fraction of sp³-hybridized carbons (Fsp3) is 0.364. The van der Waals surface area contributed by atoms with Crippen LogP contribution in [0, 0.1) is 0 Å². The number of hydrogen-bond donors (Lipinski definition) is 0. The second-order valence-electron chi connectivity index (χ2n) is 11.2. The molecule has 0 spiro atoms. The summed E-state index contributed by atoms with van der Waals surface area (Å²) in [4.78, 5) is 38.1. The van der Waals surface area contributed by atoms with Crippen LogP contribution in [0.3, 0.4) is 0 Å². The largest absolute Gasteiger partial charge is 0.497 e. The number of methoxy groups -OCH3 is 1. The molecule has 1 fully saturated rings. The molecule has 226 valence electrons. The number of nitrogens with zero attached hydrogens (tertiary/aromatic N) is 4. The van der Waals surface area contributed by atoms with Gasteiger partial charge in [0.25, 0.3) is 0 Å². The molecule has 2 aliphatic heterocycles. The number of carbonyl (C=O) groups excluding carboxylic acids is 2. The first-order chi connectivity index (χ1) is 20.6. The molecule has 0 aromatic heterocycles. The van der Waals surface area contributed by atoms with Gasteiger partial charge in [-0.25, -0.2) is 4.79 Å². The predicted octanol–water partition coefficient (Wildman–Crippen LogP) is 7.01. The summed E-state index contributed by atoms with van der Waals surface area (Å²) in [5, 5.41) is 1.19. The summed E-state index contributed by atoms with van der Waals surface area (Å²) in [7, 11) is 1.60. The fourth-order valence-corrected chi connectivity index (χ4v) is 5.82. The first-order valence-corrected chi connectivity index (χ1v) is 15.1. The molecule has 0 bridgehead atoms. The highest BCUT2D eigenvalue weighted by Gasteiger charge is 2.45. The molecule has 0 radical (unpaired) electrons. The van der Waals surface area contributed by atoms with Crippen LogP contribution in [0.2, 0.25) is 10.0 Å². The molecular weight excluding hydrogens is 587 g/mol. The molecular formula is C33H36Cl2N4O4. The number of carbonyl (C=O) groups is 2. The molecule has 43 heavy (non-hydrogen) atoms. The zero-order valence-electron chi connectivity index (χ0n) is 25.0. The van der Waals surface area contributed by atoms with Gasteiger partial charge in [-0.3, -0.25) is 14.7 Å². The summed E-state index contributed by atoms with van der Waals surface area (Å²) < 4.78 is 11.7. The van der Waals surface area contributed by atoms with E-state index in [2.05, 4.69) is 0 Å². The second kappa shape index (κ2) is 12.9. The van der Waals surface area contributed by atoms with E-state index in [1.807, 2.05) is 88.4 Å². The Morgan fingerprint density at radius 2 is 1.53 bits per heavy atom. The lowest BCUT2D eigenvalue weighted by Gasteiger charge is -2.40. The van der Waals surface area contributed by atoms with Crippen molar-refractivity contribution in [3.8, 4) is 11.5 Å². The lowest BCUT2D eigenvalue weighted by molar-refractivity contribution is -0.136. The molecule has 8 nitrogen and oxygen atoms in total. The number of rotatable bonds is 7. The molecule has 10 heteroatoms. The lowest BCUT2D eigenvalue weighted by Crippen LogP contribution is -2.57. The standard InChI is InChI=1S/C33H36Cl2N4O4/c1-20(2)38-17-16-37(19-29(38)40)33(41)39-31(23-8-12-25(35)13-9-23)30(22-6-10-24(34)11-7-22)36-32(39)27-15-14-26(42-5)18-28(27)43-21(3)4/h6-15,18,20-21,30-31H,16-17,19H2,1-5H3/t30-,31+/m0/s1. The zero-order valence-corrected chi connectivity index (χ0v) is 26.5. The predicted molar refractivity (Wildman–Crippen MR) is 169 cm³/mol. The first kappa shape index (κ1) is 30.7. The van der Waals surface area contributed by atoms with Gasteiger partial charge < -0.3 is 19.3 Å². The highest BCUT2D eigenvalue weighted by Crippen LogP contribution is 2.46. The van der Waals surface area contributed by atoms with Gasteiger partial charge in [0, 0.05) is 35.2 Å². The quantitative estimate of drug-likeness (QED) is 0.284. The zero-order chi connectivity index (χ0) is 30.8. The molecule has 2 heterocycles. The number of ether oxygens (including phenoxy) is 2. The third kappa shape index (κ3) is 6.45. The lowest BCUT2D eigenvalue weighted by atomic mass is 9.93. The number of halogens is 2. The Labute approximate surface area is 262 Å². The number of urea groups is 1. The van der Waals surface area contributed by atoms with Gasteiger partial charge in [0.1, 0.15) is 29.9 Å². The van der Waals surface area contributed by atoms with Crippen LogP contribution in [0.25, 0.3) is 0 Å². The SMILES string of the molecule is COc1ccc(C2=N[C@@H](c3ccc(Cl)cc3)[C@@H](c3ccc(Cl)cc3)N2C(=O)N2CCN(C(C)C)C(=O)C2)c(OC(C)C)c1. The highest BCUT2D eigenvalue weighted by atomic mass is 35.5. The molecule has 0 unspecified atom stereocenters. The molecule has 5 rings (SSSR count). The molecule has 3 aromatic rings. The van der Waals surface area contributed by atoms with E-state index in [1.54, 1.807) is 27.9 Å². The van der Waals surface area contributed by atoms with Crippen LogP contribution < -0.4 is 9.47 Å². The second-order valence-corrected chi connectivity index (χ2v) is 12.1. The molecule has 0 N–H and O–H groups in total. The van der Waals surface area contributed by atoms with E-state index in [4.69, 9.17) is 37.7 Å². The summed E-state index contributed by atoms with van der Waals surface area (Å²) >= 11 is 12.5. The summed E-state index contributed by atoms with van der Waals surface area (Å²) in [6, 6.07) is 19.2. The van der Waals surface area contributed by atoms with Gasteiger partial charge in [-0.2, -0.15) is 0 Å². The molecule has 0 aliphatic carbocycles. The number of amides is 3. The van der Waals surface area contributed by atoms with E-state index in [9.17, 15) is 9.59 Å². The van der Waals surface area contributed by atoms with Crippen molar-refractivity contribution in [1.29, 1.82) is 0 Å². The van der Waals surface area contributed by atoms with Crippen molar-refractivity contribution in [2.24, 2.45) is 4.99 Å². The van der Waals surface area contributed by atoms with E-state index in [1.165, 1.54) is 0 Å².